The summed E-state index contributed by atoms with van der Waals surface area (Å²) in [7, 11) is 0. The average Bonchev–Trinajstić information content (AvgIpc) is 2.68. The van der Waals surface area contributed by atoms with Crippen LogP contribution in [0.4, 0.5) is 0 Å². The third-order valence-corrected chi connectivity index (χ3v) is 4.68. The fourth-order valence-corrected chi connectivity index (χ4v) is 3.49. The Labute approximate surface area is 110 Å². The molecule has 4 nitrogen and oxygen atoms in total. The number of hydrogen-bond acceptors (Lipinski definition) is 3. The van der Waals surface area contributed by atoms with Crippen LogP contribution < -0.4 is 5.73 Å². The van der Waals surface area contributed by atoms with Crippen LogP contribution in [-0.2, 0) is 4.79 Å². The van der Waals surface area contributed by atoms with Gasteiger partial charge in [0.1, 0.15) is 0 Å². The molecule has 0 aliphatic carbocycles. The number of hydrogen-bond donors (Lipinski definition) is 1. The van der Waals surface area contributed by atoms with Gasteiger partial charge in [0.2, 0.25) is 5.91 Å². The van der Waals surface area contributed by atoms with Crippen LogP contribution in [0.1, 0.15) is 46.5 Å². The Hall–Kier alpha value is -0.610. The van der Waals surface area contributed by atoms with E-state index in [-0.39, 0.29) is 12.1 Å². The maximum Gasteiger partial charge on any atom is 0.239 e. The Morgan fingerprint density at radius 2 is 1.61 bits per heavy atom. The van der Waals surface area contributed by atoms with Gasteiger partial charge < -0.3 is 10.6 Å². The van der Waals surface area contributed by atoms with Gasteiger partial charge in [-0.25, -0.2) is 0 Å². The van der Waals surface area contributed by atoms with Crippen molar-refractivity contribution in [3.8, 4) is 0 Å². The second-order valence-electron chi connectivity index (χ2n) is 6.06. The number of nitrogens with two attached hydrogens (primary N) is 1. The largest absolute Gasteiger partial charge is 0.341 e. The molecule has 4 heteroatoms. The van der Waals surface area contributed by atoms with Gasteiger partial charge in [0.25, 0.3) is 0 Å². The van der Waals surface area contributed by atoms with Crippen LogP contribution in [0, 0.1) is 0 Å². The number of carbonyl (C=O) groups excluding carboxylic acids is 1. The minimum atomic E-state index is 0.0202. The standard InChI is InChI=1S/C14H27N3O/c1-10-4-5-11(2)17(10)12(3)14(18)16-8-6-13(15)7-9-16/h10-13H,4-9,15H2,1-3H3. The van der Waals surface area contributed by atoms with Crippen LogP contribution >= 0.6 is 0 Å². The van der Waals surface area contributed by atoms with Crippen LogP contribution in [0.15, 0.2) is 0 Å². The lowest BCUT2D eigenvalue weighted by molar-refractivity contribution is -0.138. The molecule has 18 heavy (non-hydrogen) atoms. The highest BCUT2D eigenvalue weighted by Gasteiger charge is 2.36. The fraction of sp³-hybridized carbons (Fsp3) is 0.929. The SMILES string of the molecule is CC1CCC(C)N1C(C)C(=O)N1CCC(N)CC1. The van der Waals surface area contributed by atoms with E-state index in [2.05, 4.69) is 25.7 Å². The molecule has 0 radical (unpaired) electrons. The Bertz CT molecular complexity index is 289. The number of piperidine rings is 1. The normalized spacial score (nSPS) is 32.8. The number of likely N-dealkylation sites (tertiary alicyclic amines) is 2. The van der Waals surface area contributed by atoms with E-state index in [9.17, 15) is 4.79 Å². The summed E-state index contributed by atoms with van der Waals surface area (Å²) >= 11 is 0. The molecule has 0 aromatic rings. The van der Waals surface area contributed by atoms with E-state index in [1.807, 2.05) is 4.90 Å². The lowest BCUT2D eigenvalue weighted by atomic mass is 10.0. The summed E-state index contributed by atoms with van der Waals surface area (Å²) in [4.78, 5) is 16.9. The van der Waals surface area contributed by atoms with Crippen molar-refractivity contribution in [2.75, 3.05) is 13.1 Å². The summed E-state index contributed by atoms with van der Waals surface area (Å²) in [6.45, 7) is 8.20. The van der Waals surface area contributed by atoms with Crippen LogP contribution in [0.2, 0.25) is 0 Å². The highest BCUT2D eigenvalue weighted by Crippen LogP contribution is 2.27. The minimum absolute atomic E-state index is 0.0202. The van der Waals surface area contributed by atoms with Crippen LogP contribution in [-0.4, -0.2) is 53.0 Å². The molecule has 0 bridgehead atoms. The van der Waals surface area contributed by atoms with Gasteiger partial charge in [-0.15, -0.1) is 0 Å². The monoisotopic (exact) mass is 253 g/mol. The van der Waals surface area contributed by atoms with Gasteiger partial charge in [-0.3, -0.25) is 9.69 Å². The first kappa shape index (κ1) is 13.8. The van der Waals surface area contributed by atoms with E-state index in [0.29, 0.717) is 18.0 Å². The summed E-state index contributed by atoms with van der Waals surface area (Å²) < 4.78 is 0. The molecule has 3 unspecified atom stereocenters. The molecule has 0 aromatic heterocycles. The second-order valence-corrected chi connectivity index (χ2v) is 6.06. The van der Waals surface area contributed by atoms with E-state index in [1.54, 1.807) is 0 Å². The Balaban J connectivity index is 1.96. The molecule has 0 aromatic carbocycles. The Morgan fingerprint density at radius 3 is 2.11 bits per heavy atom. The molecule has 0 saturated carbocycles. The van der Waals surface area contributed by atoms with E-state index < -0.39 is 0 Å². The maximum atomic E-state index is 12.5. The summed E-state index contributed by atoms with van der Waals surface area (Å²) in [6, 6.07) is 1.37. The zero-order valence-corrected chi connectivity index (χ0v) is 11.9. The van der Waals surface area contributed by atoms with Gasteiger partial charge in [0.15, 0.2) is 0 Å². The average molecular weight is 253 g/mol. The quantitative estimate of drug-likeness (QED) is 0.804. The highest BCUT2D eigenvalue weighted by molar-refractivity contribution is 5.81. The lowest BCUT2D eigenvalue weighted by Gasteiger charge is -2.37. The molecule has 2 aliphatic rings. The van der Waals surface area contributed by atoms with E-state index in [4.69, 9.17) is 5.73 Å². The molecule has 104 valence electrons. The number of nitrogens with zero attached hydrogens (tertiary/aromatic N) is 2. The van der Waals surface area contributed by atoms with E-state index >= 15 is 0 Å². The van der Waals surface area contributed by atoms with E-state index in [0.717, 1.165) is 25.9 Å². The smallest absolute Gasteiger partial charge is 0.239 e. The molecule has 0 spiro atoms. The molecule has 2 rings (SSSR count). The van der Waals surface area contributed by atoms with Crippen molar-refractivity contribution in [3.05, 3.63) is 0 Å². The molecule has 2 fully saturated rings. The highest BCUT2D eigenvalue weighted by atomic mass is 16.2. The number of carbonyl (C=O) groups is 1. The number of rotatable bonds is 2. The molecule has 1 amide bonds. The zero-order chi connectivity index (χ0) is 13.3. The maximum absolute atomic E-state index is 12.5. The third-order valence-electron chi connectivity index (χ3n) is 4.68. The predicted octanol–water partition coefficient (Wildman–Crippen LogP) is 1.20. The van der Waals surface area contributed by atoms with Crippen molar-refractivity contribution in [1.82, 2.24) is 9.80 Å². The van der Waals surface area contributed by atoms with Crippen LogP contribution in [0.25, 0.3) is 0 Å². The molecule has 2 saturated heterocycles. The molecular formula is C14H27N3O. The van der Waals surface area contributed by atoms with Crippen molar-refractivity contribution in [1.29, 1.82) is 0 Å². The molecule has 2 aliphatic heterocycles. The lowest BCUT2D eigenvalue weighted by Crippen LogP contribution is -2.53. The van der Waals surface area contributed by atoms with E-state index in [1.165, 1.54) is 12.8 Å². The van der Waals surface area contributed by atoms with Crippen LogP contribution in [0.3, 0.4) is 0 Å². The van der Waals surface area contributed by atoms with Crippen molar-refractivity contribution in [2.24, 2.45) is 5.73 Å². The first-order valence-corrected chi connectivity index (χ1v) is 7.32. The summed E-state index contributed by atoms with van der Waals surface area (Å²) in [5, 5.41) is 0. The molecule has 2 heterocycles. The minimum Gasteiger partial charge on any atom is -0.341 e. The van der Waals surface area contributed by atoms with Crippen molar-refractivity contribution in [3.63, 3.8) is 0 Å². The van der Waals surface area contributed by atoms with Gasteiger partial charge >= 0.3 is 0 Å². The van der Waals surface area contributed by atoms with Gasteiger partial charge in [-0.2, -0.15) is 0 Å². The summed E-state index contributed by atoms with van der Waals surface area (Å²) in [6.07, 6.45) is 4.32. The van der Waals surface area contributed by atoms with Crippen molar-refractivity contribution < 1.29 is 4.79 Å². The van der Waals surface area contributed by atoms with Crippen molar-refractivity contribution in [2.45, 2.75) is 70.6 Å². The summed E-state index contributed by atoms with van der Waals surface area (Å²) in [5.41, 5.74) is 5.89. The van der Waals surface area contributed by atoms with Gasteiger partial charge in [0.05, 0.1) is 6.04 Å². The zero-order valence-electron chi connectivity index (χ0n) is 11.9. The number of amides is 1. The first-order chi connectivity index (χ1) is 8.50. The Morgan fingerprint density at radius 1 is 1.11 bits per heavy atom. The molecular weight excluding hydrogens is 226 g/mol. The third kappa shape index (κ3) is 2.69. The fourth-order valence-electron chi connectivity index (χ4n) is 3.49. The van der Waals surface area contributed by atoms with Gasteiger partial charge in [-0.05, 0) is 46.5 Å². The van der Waals surface area contributed by atoms with Crippen LogP contribution in [0.5, 0.6) is 0 Å². The van der Waals surface area contributed by atoms with Crippen molar-refractivity contribution >= 4 is 5.91 Å². The Kier molecular flexibility index (Phi) is 4.28. The second kappa shape index (κ2) is 5.57. The molecule has 3 atom stereocenters. The predicted molar refractivity (Wildman–Crippen MR) is 73.2 cm³/mol. The molecule has 2 N–H and O–H groups in total. The topological polar surface area (TPSA) is 49.6 Å². The first-order valence-electron chi connectivity index (χ1n) is 7.32. The van der Waals surface area contributed by atoms with Gasteiger partial charge in [0, 0.05) is 31.2 Å². The van der Waals surface area contributed by atoms with Gasteiger partial charge in [-0.1, -0.05) is 0 Å². The summed E-state index contributed by atoms with van der Waals surface area (Å²) in [5.74, 6) is 0.294.